The first kappa shape index (κ1) is 13.1. The molecule has 4 nitrogen and oxygen atoms in total. The molecular formula is C11H17ClN2O2. The molecule has 1 aromatic rings. The number of rotatable bonds is 7. The van der Waals surface area contributed by atoms with Crippen LogP contribution in [-0.4, -0.2) is 24.8 Å². The van der Waals surface area contributed by atoms with Gasteiger partial charge in [0.05, 0.1) is 12.3 Å². The Morgan fingerprint density at radius 2 is 2.12 bits per heavy atom. The number of nitrogen functional groups attached to an aromatic ring is 1. The molecule has 0 saturated carbocycles. The van der Waals surface area contributed by atoms with Crippen LogP contribution in [0.3, 0.4) is 0 Å². The van der Waals surface area contributed by atoms with E-state index < -0.39 is 0 Å². The maximum atomic E-state index is 5.72. The summed E-state index contributed by atoms with van der Waals surface area (Å²) in [6, 6.07) is 3.30. The van der Waals surface area contributed by atoms with Crippen LogP contribution in [0.4, 0.5) is 5.69 Å². The van der Waals surface area contributed by atoms with Crippen molar-refractivity contribution in [2.75, 3.05) is 25.6 Å². The molecule has 0 aliphatic heterocycles. The fraction of sp³-hybridized carbons (Fsp3) is 0.545. The van der Waals surface area contributed by atoms with E-state index in [2.05, 4.69) is 11.9 Å². The summed E-state index contributed by atoms with van der Waals surface area (Å²) < 4.78 is 10.7. The van der Waals surface area contributed by atoms with Crippen molar-refractivity contribution >= 4 is 17.3 Å². The predicted octanol–water partition coefficient (Wildman–Crippen LogP) is 2.51. The number of hydrogen-bond donors (Lipinski definition) is 1. The molecule has 1 aromatic heterocycles. The van der Waals surface area contributed by atoms with Crippen LogP contribution in [0.1, 0.15) is 19.8 Å². The topological polar surface area (TPSA) is 57.4 Å². The van der Waals surface area contributed by atoms with Crippen molar-refractivity contribution in [1.29, 1.82) is 0 Å². The summed E-state index contributed by atoms with van der Waals surface area (Å²) in [7, 11) is 0. The molecule has 1 rings (SSSR count). The molecule has 0 aliphatic carbocycles. The Hall–Kier alpha value is -1.00. The van der Waals surface area contributed by atoms with Gasteiger partial charge in [0.1, 0.15) is 11.8 Å². The third-order valence-electron chi connectivity index (χ3n) is 1.96. The fourth-order valence-corrected chi connectivity index (χ4v) is 1.23. The summed E-state index contributed by atoms with van der Waals surface area (Å²) in [5.41, 5.74) is 6.15. The summed E-state index contributed by atoms with van der Waals surface area (Å²) in [4.78, 5) is 3.97. The number of pyridine rings is 1. The van der Waals surface area contributed by atoms with Gasteiger partial charge in [-0.25, -0.2) is 0 Å². The van der Waals surface area contributed by atoms with Gasteiger partial charge in [-0.2, -0.15) is 4.98 Å². The number of aromatic nitrogens is 1. The van der Waals surface area contributed by atoms with Crippen LogP contribution in [-0.2, 0) is 4.74 Å². The zero-order valence-electron chi connectivity index (χ0n) is 9.41. The standard InChI is InChI=1S/C11H17ClN2O2/c1-2-3-6-15-7-8-16-11-9(13)4-5-10(12)14-11/h4-5H,2-3,6-8,13H2,1H3. The van der Waals surface area contributed by atoms with E-state index in [0.717, 1.165) is 19.4 Å². The van der Waals surface area contributed by atoms with Gasteiger partial charge in [-0.05, 0) is 18.6 Å². The Kier molecular flexibility index (Phi) is 5.96. The summed E-state index contributed by atoms with van der Waals surface area (Å²) in [6.07, 6.45) is 2.20. The van der Waals surface area contributed by atoms with E-state index in [0.29, 0.717) is 29.9 Å². The second-order valence-electron chi connectivity index (χ2n) is 3.34. The van der Waals surface area contributed by atoms with Crippen LogP contribution in [0.2, 0.25) is 5.15 Å². The Balaban J connectivity index is 2.23. The third-order valence-corrected chi connectivity index (χ3v) is 2.17. The van der Waals surface area contributed by atoms with Crippen molar-refractivity contribution in [2.24, 2.45) is 0 Å². The van der Waals surface area contributed by atoms with Gasteiger partial charge in [0.15, 0.2) is 0 Å². The molecule has 0 spiro atoms. The first-order valence-electron chi connectivity index (χ1n) is 5.36. The Labute approximate surface area is 101 Å². The van der Waals surface area contributed by atoms with Crippen molar-refractivity contribution in [3.63, 3.8) is 0 Å². The van der Waals surface area contributed by atoms with Crippen molar-refractivity contribution in [1.82, 2.24) is 4.98 Å². The highest BCUT2D eigenvalue weighted by Gasteiger charge is 2.02. The van der Waals surface area contributed by atoms with E-state index in [1.165, 1.54) is 0 Å². The molecule has 90 valence electrons. The maximum absolute atomic E-state index is 5.72. The lowest BCUT2D eigenvalue weighted by atomic mass is 10.4. The molecule has 0 unspecified atom stereocenters. The minimum Gasteiger partial charge on any atom is -0.474 e. The van der Waals surface area contributed by atoms with E-state index in [1.807, 2.05) is 0 Å². The van der Waals surface area contributed by atoms with Crippen molar-refractivity contribution in [2.45, 2.75) is 19.8 Å². The SMILES string of the molecule is CCCCOCCOc1nc(Cl)ccc1N. The number of ether oxygens (including phenoxy) is 2. The number of anilines is 1. The van der Waals surface area contributed by atoms with Crippen molar-refractivity contribution in [3.05, 3.63) is 17.3 Å². The lowest BCUT2D eigenvalue weighted by molar-refractivity contribution is 0.0968. The third kappa shape index (κ3) is 4.68. The largest absolute Gasteiger partial charge is 0.474 e. The Morgan fingerprint density at radius 3 is 2.88 bits per heavy atom. The minimum atomic E-state index is 0.367. The average molecular weight is 245 g/mol. The predicted molar refractivity (Wildman–Crippen MR) is 64.9 cm³/mol. The molecule has 0 fully saturated rings. The van der Waals surface area contributed by atoms with Crippen LogP contribution in [0, 0.1) is 0 Å². The Morgan fingerprint density at radius 1 is 1.31 bits per heavy atom. The lowest BCUT2D eigenvalue weighted by Crippen LogP contribution is -2.09. The van der Waals surface area contributed by atoms with Crippen LogP contribution < -0.4 is 10.5 Å². The van der Waals surface area contributed by atoms with Gasteiger partial charge >= 0.3 is 0 Å². The van der Waals surface area contributed by atoms with Gasteiger partial charge in [0.2, 0.25) is 5.88 Å². The van der Waals surface area contributed by atoms with Crippen LogP contribution >= 0.6 is 11.6 Å². The van der Waals surface area contributed by atoms with Gasteiger partial charge in [-0.15, -0.1) is 0 Å². The van der Waals surface area contributed by atoms with Gasteiger partial charge in [-0.1, -0.05) is 24.9 Å². The zero-order valence-corrected chi connectivity index (χ0v) is 10.2. The second-order valence-corrected chi connectivity index (χ2v) is 3.73. The van der Waals surface area contributed by atoms with Crippen molar-refractivity contribution in [3.8, 4) is 5.88 Å². The molecule has 0 aromatic carbocycles. The van der Waals surface area contributed by atoms with Gasteiger partial charge in [0.25, 0.3) is 0 Å². The van der Waals surface area contributed by atoms with Crippen LogP contribution in [0.15, 0.2) is 12.1 Å². The molecule has 2 N–H and O–H groups in total. The quantitative estimate of drug-likeness (QED) is 0.592. The van der Waals surface area contributed by atoms with E-state index in [9.17, 15) is 0 Å². The number of hydrogen-bond acceptors (Lipinski definition) is 4. The highest BCUT2D eigenvalue weighted by Crippen LogP contribution is 2.20. The van der Waals surface area contributed by atoms with E-state index in [-0.39, 0.29) is 0 Å². The zero-order chi connectivity index (χ0) is 11.8. The molecule has 0 saturated heterocycles. The summed E-state index contributed by atoms with van der Waals surface area (Å²) in [6.45, 7) is 3.85. The van der Waals surface area contributed by atoms with Crippen LogP contribution in [0.5, 0.6) is 5.88 Å². The first-order valence-corrected chi connectivity index (χ1v) is 5.74. The second kappa shape index (κ2) is 7.30. The summed E-state index contributed by atoms with van der Waals surface area (Å²) >= 11 is 5.72. The summed E-state index contributed by atoms with van der Waals surface area (Å²) in [5.74, 6) is 0.367. The lowest BCUT2D eigenvalue weighted by Gasteiger charge is -2.08. The van der Waals surface area contributed by atoms with E-state index in [4.69, 9.17) is 26.8 Å². The highest BCUT2D eigenvalue weighted by molar-refractivity contribution is 6.29. The first-order chi connectivity index (χ1) is 7.74. The molecule has 5 heteroatoms. The fourth-order valence-electron chi connectivity index (χ4n) is 1.09. The molecule has 0 aliphatic rings. The maximum Gasteiger partial charge on any atom is 0.238 e. The molecule has 1 heterocycles. The molecule has 0 atom stereocenters. The molecular weight excluding hydrogens is 228 g/mol. The van der Waals surface area contributed by atoms with Gasteiger partial charge < -0.3 is 15.2 Å². The van der Waals surface area contributed by atoms with Crippen LogP contribution in [0.25, 0.3) is 0 Å². The normalized spacial score (nSPS) is 10.4. The Bertz CT molecular complexity index is 321. The van der Waals surface area contributed by atoms with Gasteiger partial charge in [0, 0.05) is 6.61 Å². The molecule has 0 radical (unpaired) electrons. The molecule has 16 heavy (non-hydrogen) atoms. The number of nitrogens with two attached hydrogens (primary N) is 1. The van der Waals surface area contributed by atoms with Gasteiger partial charge in [-0.3, -0.25) is 0 Å². The molecule has 0 bridgehead atoms. The smallest absolute Gasteiger partial charge is 0.238 e. The van der Waals surface area contributed by atoms with Crippen molar-refractivity contribution < 1.29 is 9.47 Å². The minimum absolute atomic E-state index is 0.367. The van der Waals surface area contributed by atoms with E-state index >= 15 is 0 Å². The highest BCUT2D eigenvalue weighted by atomic mass is 35.5. The summed E-state index contributed by atoms with van der Waals surface area (Å²) in [5, 5.41) is 0.371. The number of nitrogens with zero attached hydrogens (tertiary/aromatic N) is 1. The number of unbranched alkanes of at least 4 members (excludes halogenated alkanes) is 1. The number of halogens is 1. The monoisotopic (exact) mass is 244 g/mol. The van der Waals surface area contributed by atoms with E-state index in [1.54, 1.807) is 12.1 Å². The molecule has 0 amide bonds. The average Bonchev–Trinajstić information content (AvgIpc) is 2.28.